The number of nitrogens with one attached hydrogen (secondary N) is 1. The van der Waals surface area contributed by atoms with E-state index in [1.165, 1.54) is 0 Å². The van der Waals surface area contributed by atoms with Crippen LogP contribution in [-0.4, -0.2) is 60.5 Å². The molecule has 0 radical (unpaired) electrons. The van der Waals surface area contributed by atoms with Gasteiger partial charge in [-0.05, 0) is 37.1 Å². The molecule has 1 N–H and O–H groups in total. The lowest BCUT2D eigenvalue weighted by atomic mass is 10.1. The Morgan fingerprint density at radius 1 is 1.17 bits per heavy atom. The molecule has 158 valence electrons. The Morgan fingerprint density at radius 3 is 2.73 bits per heavy atom. The molecule has 0 atom stereocenters. The third kappa shape index (κ3) is 4.17. The highest BCUT2D eigenvalue weighted by Gasteiger charge is 2.21. The number of carbonyl (C=O) groups is 1. The molecule has 7 heteroatoms. The van der Waals surface area contributed by atoms with Gasteiger partial charge in [0.15, 0.2) is 5.69 Å². The summed E-state index contributed by atoms with van der Waals surface area (Å²) in [5.74, 6) is 0.500. The van der Waals surface area contributed by atoms with E-state index in [1.807, 2.05) is 54.9 Å². The third-order valence-corrected chi connectivity index (χ3v) is 5.54. The zero-order valence-corrected chi connectivity index (χ0v) is 17.8. The molecule has 0 spiro atoms. The van der Waals surface area contributed by atoms with Gasteiger partial charge in [-0.1, -0.05) is 24.3 Å². The highest BCUT2D eigenvalue weighted by Crippen LogP contribution is 2.29. The molecule has 1 aliphatic rings. The Balaban J connectivity index is 1.65. The first-order valence-electron chi connectivity index (χ1n) is 10.3. The number of fused-ring (bicyclic) bond motifs is 1. The first kappa shape index (κ1) is 20.4. The van der Waals surface area contributed by atoms with Gasteiger partial charge < -0.3 is 14.8 Å². The molecule has 1 saturated heterocycles. The van der Waals surface area contributed by atoms with Gasteiger partial charge in [-0.3, -0.25) is 14.4 Å². The summed E-state index contributed by atoms with van der Waals surface area (Å²) in [6.07, 6.45) is 0. The van der Waals surface area contributed by atoms with Crippen LogP contribution in [0.5, 0.6) is 5.75 Å². The van der Waals surface area contributed by atoms with E-state index in [0.717, 1.165) is 60.6 Å². The number of ether oxygens (including phenoxy) is 2. The number of aryl methyl sites for hydroxylation is 2. The van der Waals surface area contributed by atoms with Crippen molar-refractivity contribution in [3.63, 3.8) is 0 Å². The maximum absolute atomic E-state index is 13.2. The van der Waals surface area contributed by atoms with Crippen molar-refractivity contribution in [2.24, 2.45) is 0 Å². The summed E-state index contributed by atoms with van der Waals surface area (Å²) in [5, 5.41) is 8.52. The third-order valence-electron chi connectivity index (χ3n) is 5.54. The van der Waals surface area contributed by atoms with Gasteiger partial charge in [0.05, 0.1) is 26.9 Å². The van der Waals surface area contributed by atoms with Gasteiger partial charge >= 0.3 is 0 Å². The Morgan fingerprint density at radius 2 is 1.97 bits per heavy atom. The second-order valence-electron chi connectivity index (χ2n) is 7.65. The molecular formula is C23H28N4O3. The minimum Gasteiger partial charge on any atom is -0.494 e. The van der Waals surface area contributed by atoms with Crippen LogP contribution in [0.25, 0.3) is 10.9 Å². The number of methoxy groups -OCH3 is 1. The maximum Gasteiger partial charge on any atom is 0.276 e. The van der Waals surface area contributed by atoms with Gasteiger partial charge in [-0.2, -0.15) is 5.10 Å². The summed E-state index contributed by atoms with van der Waals surface area (Å²) in [6.45, 7) is 8.85. The van der Waals surface area contributed by atoms with Crippen molar-refractivity contribution >= 4 is 22.5 Å². The molecule has 2 aromatic carbocycles. The van der Waals surface area contributed by atoms with Gasteiger partial charge in [-0.15, -0.1) is 0 Å². The van der Waals surface area contributed by atoms with Gasteiger partial charge in [0.25, 0.3) is 5.91 Å². The van der Waals surface area contributed by atoms with E-state index < -0.39 is 0 Å². The van der Waals surface area contributed by atoms with Gasteiger partial charge in [0.2, 0.25) is 0 Å². The van der Waals surface area contributed by atoms with Crippen molar-refractivity contribution in [3.8, 4) is 5.75 Å². The molecular weight excluding hydrogens is 380 g/mol. The van der Waals surface area contributed by atoms with E-state index in [2.05, 4.69) is 10.2 Å². The van der Waals surface area contributed by atoms with Crippen LogP contribution in [0.3, 0.4) is 0 Å². The summed E-state index contributed by atoms with van der Waals surface area (Å²) in [5.41, 5.74) is 4.17. The number of hydrogen-bond donors (Lipinski definition) is 1. The van der Waals surface area contributed by atoms with Crippen LogP contribution >= 0.6 is 0 Å². The van der Waals surface area contributed by atoms with Gasteiger partial charge in [0.1, 0.15) is 11.3 Å². The lowest BCUT2D eigenvalue weighted by Gasteiger charge is -2.26. The molecule has 0 bridgehead atoms. The number of hydrogen-bond acceptors (Lipinski definition) is 5. The van der Waals surface area contributed by atoms with Gasteiger partial charge in [0, 0.05) is 30.7 Å². The number of para-hydroxylation sites is 1. The van der Waals surface area contributed by atoms with Crippen LogP contribution < -0.4 is 10.1 Å². The number of amides is 1. The number of rotatable bonds is 6. The van der Waals surface area contributed by atoms with Crippen molar-refractivity contribution < 1.29 is 14.3 Å². The van der Waals surface area contributed by atoms with Crippen LogP contribution in [0, 0.1) is 13.8 Å². The molecule has 2 heterocycles. The summed E-state index contributed by atoms with van der Waals surface area (Å²) in [4.78, 5) is 15.5. The summed E-state index contributed by atoms with van der Waals surface area (Å²) < 4.78 is 12.9. The predicted octanol–water partition coefficient (Wildman–Crippen LogP) is 3.25. The van der Waals surface area contributed by atoms with E-state index >= 15 is 0 Å². The standard InChI is InChI=1S/C23H28N4O3/c1-16-7-8-17(2)19(15-16)24-23(28)21-18-5-4-6-20(29-3)22(18)27(25-21)10-9-26-11-13-30-14-12-26/h4-8,15H,9-14H2,1-3H3,(H,24,28). The average molecular weight is 409 g/mol. The highest BCUT2D eigenvalue weighted by atomic mass is 16.5. The first-order valence-corrected chi connectivity index (χ1v) is 10.3. The molecule has 1 aliphatic heterocycles. The zero-order chi connectivity index (χ0) is 21.1. The Labute approximate surface area is 176 Å². The second kappa shape index (κ2) is 8.85. The molecule has 4 rings (SSSR count). The number of anilines is 1. The molecule has 0 saturated carbocycles. The summed E-state index contributed by atoms with van der Waals surface area (Å²) >= 11 is 0. The quantitative estimate of drug-likeness (QED) is 0.678. The minimum absolute atomic E-state index is 0.216. The average Bonchev–Trinajstić information content (AvgIpc) is 3.14. The fourth-order valence-electron chi connectivity index (χ4n) is 3.81. The van der Waals surface area contributed by atoms with Crippen LogP contribution in [0.2, 0.25) is 0 Å². The van der Waals surface area contributed by atoms with Crippen molar-refractivity contribution in [2.75, 3.05) is 45.3 Å². The Hall–Kier alpha value is -2.90. The molecule has 1 aromatic heterocycles. The molecule has 0 aliphatic carbocycles. The molecule has 1 amide bonds. The van der Waals surface area contributed by atoms with E-state index in [4.69, 9.17) is 14.6 Å². The van der Waals surface area contributed by atoms with Crippen molar-refractivity contribution in [2.45, 2.75) is 20.4 Å². The van der Waals surface area contributed by atoms with E-state index in [-0.39, 0.29) is 5.91 Å². The Kier molecular flexibility index (Phi) is 6.01. The number of nitrogens with zero attached hydrogens (tertiary/aromatic N) is 3. The lowest BCUT2D eigenvalue weighted by molar-refractivity contribution is 0.0361. The normalized spacial score (nSPS) is 14.8. The number of morpholine rings is 1. The fourth-order valence-corrected chi connectivity index (χ4v) is 3.81. The SMILES string of the molecule is COc1cccc2c(C(=O)Nc3cc(C)ccc3C)nn(CCN3CCOCC3)c12. The molecule has 3 aromatic rings. The number of carbonyl (C=O) groups excluding carboxylic acids is 1. The molecule has 30 heavy (non-hydrogen) atoms. The minimum atomic E-state index is -0.216. The lowest BCUT2D eigenvalue weighted by Crippen LogP contribution is -2.38. The smallest absolute Gasteiger partial charge is 0.276 e. The molecule has 1 fully saturated rings. The van der Waals surface area contributed by atoms with Crippen LogP contribution in [0.1, 0.15) is 21.6 Å². The highest BCUT2D eigenvalue weighted by molar-refractivity contribution is 6.12. The molecule has 0 unspecified atom stereocenters. The van der Waals surface area contributed by atoms with E-state index in [1.54, 1.807) is 7.11 Å². The van der Waals surface area contributed by atoms with Crippen LogP contribution in [-0.2, 0) is 11.3 Å². The van der Waals surface area contributed by atoms with Crippen LogP contribution in [0.15, 0.2) is 36.4 Å². The first-order chi connectivity index (χ1) is 14.6. The van der Waals surface area contributed by atoms with Crippen LogP contribution in [0.4, 0.5) is 5.69 Å². The predicted molar refractivity (Wildman–Crippen MR) is 117 cm³/mol. The van der Waals surface area contributed by atoms with Gasteiger partial charge in [-0.25, -0.2) is 0 Å². The van der Waals surface area contributed by atoms with Crippen molar-refractivity contribution in [3.05, 3.63) is 53.2 Å². The second-order valence-corrected chi connectivity index (χ2v) is 7.65. The fraction of sp³-hybridized carbons (Fsp3) is 0.391. The number of aromatic nitrogens is 2. The summed E-state index contributed by atoms with van der Waals surface area (Å²) in [6, 6.07) is 11.7. The molecule has 7 nitrogen and oxygen atoms in total. The monoisotopic (exact) mass is 408 g/mol. The van der Waals surface area contributed by atoms with Crippen molar-refractivity contribution in [1.29, 1.82) is 0 Å². The topological polar surface area (TPSA) is 68.6 Å². The maximum atomic E-state index is 13.2. The van der Waals surface area contributed by atoms with Crippen molar-refractivity contribution in [1.82, 2.24) is 14.7 Å². The van der Waals surface area contributed by atoms with E-state index in [9.17, 15) is 4.79 Å². The van der Waals surface area contributed by atoms with E-state index in [0.29, 0.717) is 18.0 Å². The summed E-state index contributed by atoms with van der Waals surface area (Å²) in [7, 11) is 1.64. The Bertz CT molecular complexity index is 1050. The zero-order valence-electron chi connectivity index (χ0n) is 17.8. The largest absolute Gasteiger partial charge is 0.494 e. The number of benzene rings is 2.